The van der Waals surface area contributed by atoms with Crippen LogP contribution in [0.3, 0.4) is 0 Å². The molecule has 0 spiro atoms. The monoisotopic (exact) mass is 748 g/mol. The Bertz CT molecular complexity index is 3480. The molecular weight excluding hydrogens is 713 g/mol. The van der Waals surface area contributed by atoms with Gasteiger partial charge in [0.15, 0.2) is 0 Å². The van der Waals surface area contributed by atoms with E-state index in [1.165, 1.54) is 92.8 Å². The Hall–Kier alpha value is -7.81. The van der Waals surface area contributed by atoms with Gasteiger partial charge in [0, 0.05) is 18.0 Å². The highest BCUT2D eigenvalue weighted by Crippen LogP contribution is 2.50. The molecule has 2 aromatic heterocycles. The zero-order chi connectivity index (χ0) is 38.9. The zero-order valence-corrected chi connectivity index (χ0v) is 32.2. The number of imidazole rings is 1. The molecule has 12 aromatic rings. The number of pyridine rings is 1. The summed E-state index contributed by atoms with van der Waals surface area (Å²) in [7, 11) is 0. The summed E-state index contributed by atoms with van der Waals surface area (Å²) < 4.78 is 2.11. The second-order valence-corrected chi connectivity index (χ2v) is 15.5. The van der Waals surface area contributed by atoms with Crippen LogP contribution < -0.4 is 0 Å². The topological polar surface area (TPSA) is 17.3 Å². The third-order valence-corrected chi connectivity index (χ3v) is 12.2. The number of nitrogens with zero attached hydrogens (tertiary/aromatic N) is 2. The van der Waals surface area contributed by atoms with Crippen molar-refractivity contribution in [3.63, 3.8) is 0 Å². The highest BCUT2D eigenvalue weighted by atomic mass is 15.0. The van der Waals surface area contributed by atoms with E-state index in [0.29, 0.717) is 0 Å². The van der Waals surface area contributed by atoms with Crippen LogP contribution in [0.15, 0.2) is 219 Å². The highest BCUT2D eigenvalue weighted by molar-refractivity contribution is 6.30. The number of fused-ring (bicyclic) bond motifs is 6. The molecule has 0 fully saturated rings. The summed E-state index contributed by atoms with van der Waals surface area (Å²) in [5.41, 5.74) is 12.8. The SMILES string of the molecule is c1ccc(-c2ccn3cc(-c4ccc(-c5c6ccccc6c(-c6c7ccccc7c(-c7ccc8ccccc8c7)c7ccccc67)c6ccccc56)cc4)nc3c2)cc1. The Morgan fingerprint density at radius 2 is 0.729 bits per heavy atom. The van der Waals surface area contributed by atoms with E-state index in [-0.39, 0.29) is 0 Å². The number of benzene rings is 10. The Balaban J connectivity index is 1.05. The average Bonchev–Trinajstić information content (AvgIpc) is 3.74. The van der Waals surface area contributed by atoms with Crippen molar-refractivity contribution < 1.29 is 0 Å². The minimum atomic E-state index is 0.934. The van der Waals surface area contributed by atoms with Gasteiger partial charge in [-0.05, 0) is 117 Å². The third-order valence-electron chi connectivity index (χ3n) is 12.2. The molecule has 0 atom stereocenters. The van der Waals surface area contributed by atoms with Gasteiger partial charge in [-0.25, -0.2) is 4.98 Å². The maximum atomic E-state index is 5.07. The number of hydrogen-bond donors (Lipinski definition) is 0. The van der Waals surface area contributed by atoms with E-state index >= 15 is 0 Å². The van der Waals surface area contributed by atoms with Crippen LogP contribution in [0.4, 0.5) is 0 Å². The van der Waals surface area contributed by atoms with Crippen LogP contribution in [0.1, 0.15) is 0 Å². The summed E-state index contributed by atoms with van der Waals surface area (Å²) in [5.74, 6) is 0. The molecule has 0 amide bonds. The van der Waals surface area contributed by atoms with E-state index in [1.807, 2.05) is 0 Å². The molecule has 2 nitrogen and oxygen atoms in total. The van der Waals surface area contributed by atoms with Crippen LogP contribution in [0.5, 0.6) is 0 Å². The summed E-state index contributed by atoms with van der Waals surface area (Å²) >= 11 is 0. The molecule has 10 aromatic carbocycles. The minimum Gasteiger partial charge on any atom is -0.306 e. The lowest BCUT2D eigenvalue weighted by molar-refractivity contribution is 1.19. The molecule has 0 aliphatic rings. The summed E-state index contributed by atoms with van der Waals surface area (Å²) in [6.07, 6.45) is 4.23. The van der Waals surface area contributed by atoms with Gasteiger partial charge in [-0.15, -0.1) is 0 Å². The minimum absolute atomic E-state index is 0.934. The molecule has 59 heavy (non-hydrogen) atoms. The van der Waals surface area contributed by atoms with Crippen molar-refractivity contribution >= 4 is 59.5 Å². The normalized spacial score (nSPS) is 11.7. The summed E-state index contributed by atoms with van der Waals surface area (Å²) in [6, 6.07) is 75.3. The summed E-state index contributed by atoms with van der Waals surface area (Å²) in [6.45, 7) is 0. The highest BCUT2D eigenvalue weighted by Gasteiger charge is 2.22. The van der Waals surface area contributed by atoms with Crippen LogP contribution >= 0.6 is 0 Å². The molecule has 0 bridgehead atoms. The number of aromatic nitrogens is 2. The molecule has 12 rings (SSSR count). The van der Waals surface area contributed by atoms with Gasteiger partial charge in [0.2, 0.25) is 0 Å². The van der Waals surface area contributed by atoms with Crippen molar-refractivity contribution in [2.75, 3.05) is 0 Å². The molecule has 2 heteroatoms. The maximum Gasteiger partial charge on any atom is 0.138 e. The predicted molar refractivity (Wildman–Crippen MR) is 250 cm³/mol. The van der Waals surface area contributed by atoms with Gasteiger partial charge < -0.3 is 4.40 Å². The van der Waals surface area contributed by atoms with E-state index < -0.39 is 0 Å². The molecule has 0 aliphatic carbocycles. The van der Waals surface area contributed by atoms with Crippen molar-refractivity contribution in [1.82, 2.24) is 9.38 Å². The van der Waals surface area contributed by atoms with Gasteiger partial charge in [0.25, 0.3) is 0 Å². The predicted octanol–water partition coefficient (Wildman–Crippen LogP) is 15.4. The Kier molecular flexibility index (Phi) is 7.57. The van der Waals surface area contributed by atoms with Crippen molar-refractivity contribution in [3.8, 4) is 55.8 Å². The molecule has 0 saturated heterocycles. The summed E-state index contributed by atoms with van der Waals surface area (Å²) in [5, 5.41) is 12.5. The second-order valence-electron chi connectivity index (χ2n) is 15.5. The van der Waals surface area contributed by atoms with Crippen LogP contribution in [0, 0.1) is 0 Å². The van der Waals surface area contributed by atoms with Crippen molar-refractivity contribution in [2.45, 2.75) is 0 Å². The van der Waals surface area contributed by atoms with Gasteiger partial charge in [-0.1, -0.05) is 188 Å². The molecule has 274 valence electrons. The number of rotatable bonds is 5. The molecular formula is C57H36N2. The fourth-order valence-electron chi connectivity index (χ4n) is 9.50. The molecule has 0 radical (unpaired) electrons. The van der Waals surface area contributed by atoms with Crippen molar-refractivity contribution in [1.29, 1.82) is 0 Å². The van der Waals surface area contributed by atoms with E-state index in [9.17, 15) is 0 Å². The van der Waals surface area contributed by atoms with Crippen LogP contribution in [0.25, 0.3) is 115 Å². The third kappa shape index (κ3) is 5.38. The molecule has 0 aliphatic heterocycles. The van der Waals surface area contributed by atoms with E-state index in [2.05, 4.69) is 223 Å². The van der Waals surface area contributed by atoms with Crippen LogP contribution in [0.2, 0.25) is 0 Å². The fraction of sp³-hybridized carbons (Fsp3) is 0. The Labute approximate surface area is 341 Å². The first-order valence-electron chi connectivity index (χ1n) is 20.3. The Morgan fingerprint density at radius 3 is 1.29 bits per heavy atom. The van der Waals surface area contributed by atoms with E-state index in [0.717, 1.165) is 22.5 Å². The maximum absolute atomic E-state index is 5.07. The van der Waals surface area contributed by atoms with Gasteiger partial charge in [-0.2, -0.15) is 0 Å². The first-order chi connectivity index (χ1) is 29.3. The van der Waals surface area contributed by atoms with Crippen molar-refractivity contribution in [2.24, 2.45) is 0 Å². The molecule has 0 unspecified atom stereocenters. The van der Waals surface area contributed by atoms with Gasteiger partial charge in [-0.3, -0.25) is 0 Å². The lowest BCUT2D eigenvalue weighted by Gasteiger charge is -2.22. The lowest BCUT2D eigenvalue weighted by atomic mass is 9.81. The van der Waals surface area contributed by atoms with Crippen LogP contribution in [-0.2, 0) is 0 Å². The quantitative estimate of drug-likeness (QED) is 0.160. The standard InChI is InChI=1S/C57H36N2/c1-2-14-37(15-3-1)42-32-33-59-36-52(58-53(59)35-42)39-27-29-40(30-28-39)54-44-18-6-10-22-48(44)56(49-23-11-7-19-45(49)54)57-50-24-12-8-20-46(50)55(47-21-9-13-25-51(47)57)43-31-26-38-16-4-5-17-41(38)34-43/h1-36H. The van der Waals surface area contributed by atoms with Crippen molar-refractivity contribution in [3.05, 3.63) is 219 Å². The first-order valence-corrected chi connectivity index (χ1v) is 20.3. The van der Waals surface area contributed by atoms with Gasteiger partial charge in [0.1, 0.15) is 5.65 Å². The summed E-state index contributed by atoms with van der Waals surface area (Å²) in [4.78, 5) is 5.07. The average molecular weight is 749 g/mol. The number of hydrogen-bond acceptors (Lipinski definition) is 1. The second kappa shape index (κ2) is 13.4. The molecule has 0 N–H and O–H groups in total. The van der Waals surface area contributed by atoms with Gasteiger partial charge in [0.05, 0.1) is 5.69 Å². The molecule has 2 heterocycles. The Morgan fingerprint density at radius 1 is 0.288 bits per heavy atom. The molecule has 0 saturated carbocycles. The van der Waals surface area contributed by atoms with Gasteiger partial charge >= 0.3 is 0 Å². The fourth-order valence-corrected chi connectivity index (χ4v) is 9.50. The van der Waals surface area contributed by atoms with Crippen LogP contribution in [-0.4, -0.2) is 9.38 Å². The first kappa shape index (κ1) is 33.3. The largest absolute Gasteiger partial charge is 0.306 e. The zero-order valence-electron chi connectivity index (χ0n) is 32.2. The van der Waals surface area contributed by atoms with E-state index in [1.54, 1.807) is 0 Å². The van der Waals surface area contributed by atoms with E-state index in [4.69, 9.17) is 4.98 Å². The smallest absolute Gasteiger partial charge is 0.138 e. The lowest BCUT2D eigenvalue weighted by Crippen LogP contribution is -1.94.